The average molecular weight is 277 g/mol. The Balaban J connectivity index is 1.92. The molecule has 0 aromatic carbocycles. The Morgan fingerprint density at radius 1 is 1.25 bits per heavy atom. The summed E-state index contributed by atoms with van der Waals surface area (Å²) in [7, 11) is 0. The summed E-state index contributed by atoms with van der Waals surface area (Å²) in [6.45, 7) is 2.05. The summed E-state index contributed by atoms with van der Waals surface area (Å²) >= 11 is 0. The highest BCUT2D eigenvalue weighted by Gasteiger charge is 2.28. The first-order chi connectivity index (χ1) is 9.48. The molecule has 0 radical (unpaired) electrons. The van der Waals surface area contributed by atoms with Crippen LogP contribution in [0.4, 0.5) is 10.5 Å². The molecule has 0 aliphatic heterocycles. The normalized spacial score (nSPS) is 17.2. The van der Waals surface area contributed by atoms with Crippen molar-refractivity contribution in [2.24, 2.45) is 0 Å². The van der Waals surface area contributed by atoms with Crippen LogP contribution in [-0.2, 0) is 0 Å². The number of amides is 2. The molecule has 1 fully saturated rings. The first kappa shape index (κ1) is 14.3. The molecule has 0 spiro atoms. The summed E-state index contributed by atoms with van der Waals surface area (Å²) in [5, 5.41) is 14.4. The van der Waals surface area contributed by atoms with Gasteiger partial charge < -0.3 is 15.7 Å². The summed E-state index contributed by atoms with van der Waals surface area (Å²) < 4.78 is 0. The van der Waals surface area contributed by atoms with Crippen molar-refractivity contribution in [3.8, 4) is 0 Å². The van der Waals surface area contributed by atoms with E-state index in [0.29, 0.717) is 5.69 Å². The highest BCUT2D eigenvalue weighted by atomic mass is 16.4. The molecule has 1 heterocycles. The summed E-state index contributed by atoms with van der Waals surface area (Å²) in [5.74, 6) is -1.09. The topological polar surface area (TPSA) is 91.3 Å². The standard InChI is InChI=1S/C14H19N3O3/c1-14(7-3-2-4-8-14)17-13(20)16-10-5-6-11(12(18)19)15-9-10/h5-6,9H,2-4,7-8H2,1H3,(H,18,19)(H2,16,17,20). The van der Waals surface area contributed by atoms with Crippen molar-refractivity contribution in [1.29, 1.82) is 0 Å². The van der Waals surface area contributed by atoms with Gasteiger partial charge in [0, 0.05) is 5.54 Å². The van der Waals surface area contributed by atoms with Crippen LogP contribution in [-0.4, -0.2) is 27.6 Å². The van der Waals surface area contributed by atoms with Gasteiger partial charge in [-0.1, -0.05) is 19.3 Å². The highest BCUT2D eigenvalue weighted by molar-refractivity contribution is 5.90. The summed E-state index contributed by atoms with van der Waals surface area (Å²) in [4.78, 5) is 26.4. The molecule has 2 rings (SSSR count). The molecular formula is C14H19N3O3. The van der Waals surface area contributed by atoms with Gasteiger partial charge >= 0.3 is 12.0 Å². The first-order valence-corrected chi connectivity index (χ1v) is 6.77. The van der Waals surface area contributed by atoms with E-state index in [9.17, 15) is 9.59 Å². The Labute approximate surface area is 117 Å². The van der Waals surface area contributed by atoms with Crippen LogP contribution in [0.1, 0.15) is 49.5 Å². The number of anilines is 1. The van der Waals surface area contributed by atoms with Gasteiger partial charge in [-0.3, -0.25) is 0 Å². The molecule has 3 N–H and O–H groups in total. The Bertz CT molecular complexity index is 493. The van der Waals surface area contributed by atoms with Crippen molar-refractivity contribution in [3.63, 3.8) is 0 Å². The van der Waals surface area contributed by atoms with Crippen molar-refractivity contribution >= 4 is 17.7 Å². The molecule has 6 heteroatoms. The Hall–Kier alpha value is -2.11. The molecule has 1 aliphatic carbocycles. The second kappa shape index (κ2) is 5.90. The van der Waals surface area contributed by atoms with Crippen LogP contribution in [0.5, 0.6) is 0 Å². The highest BCUT2D eigenvalue weighted by Crippen LogP contribution is 2.27. The molecule has 108 valence electrons. The number of carboxylic acids is 1. The minimum atomic E-state index is -1.09. The average Bonchev–Trinajstić information content (AvgIpc) is 2.39. The number of pyridine rings is 1. The summed E-state index contributed by atoms with van der Waals surface area (Å²) in [6, 6.07) is 2.61. The van der Waals surface area contributed by atoms with Gasteiger partial charge in [-0.15, -0.1) is 0 Å². The third-order valence-corrected chi connectivity index (χ3v) is 3.61. The van der Waals surface area contributed by atoms with E-state index < -0.39 is 5.97 Å². The minimum Gasteiger partial charge on any atom is -0.477 e. The lowest BCUT2D eigenvalue weighted by Gasteiger charge is -2.34. The van der Waals surface area contributed by atoms with E-state index in [0.717, 1.165) is 25.7 Å². The lowest BCUT2D eigenvalue weighted by atomic mass is 9.83. The Morgan fingerprint density at radius 3 is 2.50 bits per heavy atom. The van der Waals surface area contributed by atoms with Gasteiger partial charge in [-0.2, -0.15) is 0 Å². The molecular weight excluding hydrogens is 258 g/mol. The first-order valence-electron chi connectivity index (χ1n) is 6.77. The number of carbonyl (C=O) groups is 2. The van der Waals surface area contributed by atoms with Crippen LogP contribution in [0.3, 0.4) is 0 Å². The van der Waals surface area contributed by atoms with Gasteiger partial charge in [0.15, 0.2) is 0 Å². The number of nitrogens with one attached hydrogen (secondary N) is 2. The van der Waals surface area contributed by atoms with Gasteiger partial charge in [0.25, 0.3) is 0 Å². The second-order valence-electron chi connectivity index (χ2n) is 5.44. The molecule has 6 nitrogen and oxygen atoms in total. The fourth-order valence-corrected chi connectivity index (χ4v) is 2.49. The van der Waals surface area contributed by atoms with E-state index in [1.165, 1.54) is 24.8 Å². The fourth-order valence-electron chi connectivity index (χ4n) is 2.49. The third-order valence-electron chi connectivity index (χ3n) is 3.61. The van der Waals surface area contributed by atoms with Crippen LogP contribution in [0.2, 0.25) is 0 Å². The van der Waals surface area contributed by atoms with E-state index in [1.54, 1.807) is 0 Å². The smallest absolute Gasteiger partial charge is 0.354 e. The molecule has 1 aromatic heterocycles. The number of aromatic carboxylic acids is 1. The number of carboxylic acid groups (broad SMARTS) is 1. The van der Waals surface area contributed by atoms with Crippen molar-refractivity contribution in [2.45, 2.75) is 44.6 Å². The van der Waals surface area contributed by atoms with E-state index in [4.69, 9.17) is 5.11 Å². The fraction of sp³-hybridized carbons (Fsp3) is 0.500. The maximum absolute atomic E-state index is 11.9. The lowest BCUT2D eigenvalue weighted by Crippen LogP contribution is -2.48. The maximum Gasteiger partial charge on any atom is 0.354 e. The second-order valence-corrected chi connectivity index (χ2v) is 5.44. The molecule has 1 aliphatic rings. The largest absolute Gasteiger partial charge is 0.477 e. The SMILES string of the molecule is CC1(NC(=O)Nc2ccc(C(=O)O)nc2)CCCCC1. The van der Waals surface area contributed by atoms with E-state index >= 15 is 0 Å². The molecule has 2 amide bonds. The van der Waals surface area contributed by atoms with Crippen molar-refractivity contribution in [3.05, 3.63) is 24.0 Å². The number of hydrogen-bond acceptors (Lipinski definition) is 3. The molecule has 1 aromatic rings. The zero-order valence-corrected chi connectivity index (χ0v) is 11.5. The molecule has 1 saturated carbocycles. The number of nitrogens with zero attached hydrogens (tertiary/aromatic N) is 1. The van der Waals surface area contributed by atoms with Gasteiger partial charge in [-0.25, -0.2) is 14.6 Å². The third kappa shape index (κ3) is 3.69. The summed E-state index contributed by atoms with van der Waals surface area (Å²) in [6.07, 6.45) is 6.79. The van der Waals surface area contributed by atoms with Crippen LogP contribution in [0.25, 0.3) is 0 Å². The number of hydrogen-bond donors (Lipinski definition) is 3. The van der Waals surface area contributed by atoms with Gasteiger partial charge in [0.1, 0.15) is 5.69 Å². The number of aromatic nitrogens is 1. The number of urea groups is 1. The molecule has 0 atom stereocenters. The quantitative estimate of drug-likeness (QED) is 0.792. The lowest BCUT2D eigenvalue weighted by molar-refractivity contribution is 0.0690. The molecule has 20 heavy (non-hydrogen) atoms. The number of carbonyl (C=O) groups excluding carboxylic acids is 1. The summed E-state index contributed by atoms with van der Waals surface area (Å²) in [5.41, 5.74) is 0.277. The number of rotatable bonds is 3. The van der Waals surface area contributed by atoms with Crippen molar-refractivity contribution < 1.29 is 14.7 Å². The van der Waals surface area contributed by atoms with Crippen molar-refractivity contribution in [1.82, 2.24) is 10.3 Å². The van der Waals surface area contributed by atoms with Crippen molar-refractivity contribution in [2.75, 3.05) is 5.32 Å². The van der Waals surface area contributed by atoms with E-state index in [-0.39, 0.29) is 17.3 Å². The van der Waals surface area contributed by atoms with Crippen LogP contribution in [0, 0.1) is 0 Å². The van der Waals surface area contributed by atoms with E-state index in [1.807, 2.05) is 0 Å². The molecule has 0 saturated heterocycles. The van der Waals surface area contributed by atoms with Crippen LogP contribution >= 0.6 is 0 Å². The Morgan fingerprint density at radius 2 is 1.95 bits per heavy atom. The van der Waals surface area contributed by atoms with Crippen LogP contribution < -0.4 is 10.6 Å². The zero-order valence-electron chi connectivity index (χ0n) is 11.5. The predicted octanol–water partition coefficient (Wildman–Crippen LogP) is 2.62. The monoisotopic (exact) mass is 277 g/mol. The minimum absolute atomic E-state index is 0.0461. The van der Waals surface area contributed by atoms with Gasteiger partial charge in [0.2, 0.25) is 0 Å². The zero-order chi connectivity index (χ0) is 14.6. The predicted molar refractivity (Wildman–Crippen MR) is 74.8 cm³/mol. The maximum atomic E-state index is 11.9. The van der Waals surface area contributed by atoms with E-state index in [2.05, 4.69) is 22.5 Å². The molecule has 0 unspecified atom stereocenters. The van der Waals surface area contributed by atoms with Gasteiger partial charge in [-0.05, 0) is 31.9 Å². The van der Waals surface area contributed by atoms with Crippen LogP contribution in [0.15, 0.2) is 18.3 Å². The molecule has 0 bridgehead atoms. The Kier molecular flexibility index (Phi) is 4.22. The van der Waals surface area contributed by atoms with Gasteiger partial charge in [0.05, 0.1) is 11.9 Å².